The fourth-order valence-corrected chi connectivity index (χ4v) is 1.41. The molecule has 0 aromatic carbocycles. The first-order valence-electron chi connectivity index (χ1n) is 4.29. The van der Waals surface area contributed by atoms with Crippen molar-refractivity contribution in [3.8, 4) is 0 Å². The molecule has 0 aliphatic rings. The Bertz CT molecular complexity index is 299. The normalized spacial score (nSPS) is 14.3. The Balaban J connectivity index is 4.71. The van der Waals surface area contributed by atoms with Gasteiger partial charge in [0.1, 0.15) is 0 Å². The smallest absolute Gasteiger partial charge is 0.281 e. The standard InChI is InChI=1S/C7H12F4O3S/c1-2-3-4-5-6(8,9)7(10,11)15(12,13)14/h2-5H2,1H3,(H,12,13,14). The van der Waals surface area contributed by atoms with Crippen LogP contribution in [-0.2, 0) is 10.1 Å². The fraction of sp³-hybridized carbons (Fsp3) is 1.00. The second kappa shape index (κ2) is 4.65. The zero-order valence-electron chi connectivity index (χ0n) is 8.01. The third-order valence-electron chi connectivity index (χ3n) is 1.84. The van der Waals surface area contributed by atoms with Crippen molar-refractivity contribution in [2.75, 3.05) is 0 Å². The Hall–Kier alpha value is -0.370. The molecule has 0 bridgehead atoms. The third kappa shape index (κ3) is 3.30. The van der Waals surface area contributed by atoms with Gasteiger partial charge in [-0.15, -0.1) is 0 Å². The molecule has 0 rings (SSSR count). The van der Waals surface area contributed by atoms with Crippen molar-refractivity contribution in [3.05, 3.63) is 0 Å². The highest BCUT2D eigenvalue weighted by Crippen LogP contribution is 2.41. The minimum absolute atomic E-state index is 0.228. The van der Waals surface area contributed by atoms with Gasteiger partial charge in [0.25, 0.3) is 0 Å². The Morgan fingerprint density at radius 2 is 1.60 bits per heavy atom. The van der Waals surface area contributed by atoms with Gasteiger partial charge in [0.15, 0.2) is 0 Å². The summed E-state index contributed by atoms with van der Waals surface area (Å²) in [7, 11) is -6.08. The maximum absolute atomic E-state index is 12.7. The van der Waals surface area contributed by atoms with Gasteiger partial charge in [-0.2, -0.15) is 26.0 Å². The summed E-state index contributed by atoms with van der Waals surface area (Å²) in [5.41, 5.74) is 0. The van der Waals surface area contributed by atoms with Crippen molar-refractivity contribution >= 4 is 10.1 Å². The molecule has 0 radical (unpaired) electrons. The molecule has 0 atom stereocenters. The maximum Gasteiger partial charge on any atom is 0.431 e. The lowest BCUT2D eigenvalue weighted by Crippen LogP contribution is -2.46. The van der Waals surface area contributed by atoms with E-state index in [0.717, 1.165) is 0 Å². The van der Waals surface area contributed by atoms with E-state index >= 15 is 0 Å². The first-order valence-corrected chi connectivity index (χ1v) is 5.73. The highest BCUT2D eigenvalue weighted by atomic mass is 32.2. The van der Waals surface area contributed by atoms with Crippen LogP contribution in [0.4, 0.5) is 17.6 Å². The van der Waals surface area contributed by atoms with E-state index < -0.39 is 27.7 Å². The van der Waals surface area contributed by atoms with Gasteiger partial charge in [-0.1, -0.05) is 19.8 Å². The van der Waals surface area contributed by atoms with Gasteiger partial charge >= 0.3 is 21.3 Å². The predicted molar refractivity (Wildman–Crippen MR) is 45.6 cm³/mol. The van der Waals surface area contributed by atoms with Crippen LogP contribution < -0.4 is 0 Å². The quantitative estimate of drug-likeness (QED) is 0.449. The molecule has 0 aliphatic carbocycles. The van der Waals surface area contributed by atoms with Crippen LogP contribution in [0.3, 0.4) is 0 Å². The largest absolute Gasteiger partial charge is 0.431 e. The van der Waals surface area contributed by atoms with E-state index in [4.69, 9.17) is 4.55 Å². The lowest BCUT2D eigenvalue weighted by Gasteiger charge is -2.23. The minimum Gasteiger partial charge on any atom is -0.281 e. The average Bonchev–Trinajstić information content (AvgIpc) is 2.02. The number of rotatable bonds is 6. The maximum atomic E-state index is 12.7. The molecule has 0 fully saturated rings. The van der Waals surface area contributed by atoms with E-state index in [9.17, 15) is 26.0 Å². The SMILES string of the molecule is CCCCCC(F)(F)C(F)(F)S(=O)(=O)O. The number of halogens is 4. The van der Waals surface area contributed by atoms with Crippen LogP contribution in [0.25, 0.3) is 0 Å². The second-order valence-electron chi connectivity index (χ2n) is 3.15. The minimum atomic E-state index is -6.08. The van der Waals surface area contributed by atoms with E-state index in [1.165, 1.54) is 0 Å². The van der Waals surface area contributed by atoms with Crippen LogP contribution in [0.15, 0.2) is 0 Å². The Kier molecular flexibility index (Phi) is 4.53. The van der Waals surface area contributed by atoms with Gasteiger partial charge in [-0.3, -0.25) is 4.55 Å². The third-order valence-corrected chi connectivity index (χ3v) is 2.79. The van der Waals surface area contributed by atoms with Gasteiger partial charge < -0.3 is 0 Å². The van der Waals surface area contributed by atoms with Crippen LogP contribution in [0, 0.1) is 0 Å². The molecular weight excluding hydrogens is 240 g/mol. The summed E-state index contributed by atoms with van der Waals surface area (Å²) >= 11 is 0. The van der Waals surface area contributed by atoms with Crippen molar-refractivity contribution < 1.29 is 30.5 Å². The van der Waals surface area contributed by atoms with Gasteiger partial charge in [-0.05, 0) is 6.42 Å². The number of hydrogen-bond acceptors (Lipinski definition) is 2. The first kappa shape index (κ1) is 14.6. The fourth-order valence-electron chi connectivity index (χ4n) is 0.931. The van der Waals surface area contributed by atoms with Crippen molar-refractivity contribution in [2.24, 2.45) is 0 Å². The van der Waals surface area contributed by atoms with E-state index in [1.807, 2.05) is 0 Å². The Morgan fingerprint density at radius 3 is 1.93 bits per heavy atom. The molecule has 1 N–H and O–H groups in total. The van der Waals surface area contributed by atoms with E-state index in [0.29, 0.717) is 6.42 Å². The highest BCUT2D eigenvalue weighted by Gasteiger charge is 2.64. The molecule has 0 saturated heterocycles. The number of alkyl halides is 4. The summed E-state index contributed by atoms with van der Waals surface area (Å²) in [5.74, 6) is -4.74. The summed E-state index contributed by atoms with van der Waals surface area (Å²) in [6, 6.07) is 0. The van der Waals surface area contributed by atoms with E-state index in [2.05, 4.69) is 0 Å². The van der Waals surface area contributed by atoms with Gasteiger partial charge in [0.05, 0.1) is 0 Å². The zero-order chi connectivity index (χ0) is 12.3. The summed E-state index contributed by atoms with van der Waals surface area (Å²) in [6.45, 7) is 1.68. The van der Waals surface area contributed by atoms with Crippen LogP contribution in [-0.4, -0.2) is 24.1 Å². The number of unbranched alkanes of at least 4 members (excludes halogenated alkanes) is 2. The zero-order valence-corrected chi connectivity index (χ0v) is 8.83. The Labute approximate surface area is 85.2 Å². The predicted octanol–water partition coefficient (Wildman–Crippen LogP) is 2.68. The summed E-state index contributed by atoms with van der Waals surface area (Å²) < 4.78 is 78.7. The number of hydrogen-bond donors (Lipinski definition) is 1. The molecule has 0 spiro atoms. The molecule has 0 aliphatic heterocycles. The molecule has 0 amide bonds. The van der Waals surface area contributed by atoms with E-state index in [-0.39, 0.29) is 12.8 Å². The first-order chi connectivity index (χ1) is 6.56. The molecule has 3 nitrogen and oxygen atoms in total. The second-order valence-corrected chi connectivity index (χ2v) is 4.62. The van der Waals surface area contributed by atoms with Crippen LogP contribution in [0.2, 0.25) is 0 Å². The molecule has 0 heterocycles. The molecule has 8 heteroatoms. The summed E-state index contributed by atoms with van der Waals surface area (Å²) in [6.07, 6.45) is -0.674. The van der Waals surface area contributed by atoms with Crippen molar-refractivity contribution in [3.63, 3.8) is 0 Å². The van der Waals surface area contributed by atoms with Crippen molar-refractivity contribution in [1.82, 2.24) is 0 Å². The molecule has 0 aromatic rings. The molecular formula is C7H12F4O3S. The van der Waals surface area contributed by atoms with Crippen LogP contribution in [0.5, 0.6) is 0 Å². The van der Waals surface area contributed by atoms with Gasteiger partial charge in [-0.25, -0.2) is 0 Å². The monoisotopic (exact) mass is 252 g/mol. The molecule has 15 heavy (non-hydrogen) atoms. The average molecular weight is 252 g/mol. The highest BCUT2D eigenvalue weighted by molar-refractivity contribution is 7.87. The topological polar surface area (TPSA) is 54.4 Å². The molecule has 0 unspecified atom stereocenters. The van der Waals surface area contributed by atoms with Gasteiger partial charge in [0, 0.05) is 6.42 Å². The van der Waals surface area contributed by atoms with Crippen molar-refractivity contribution in [2.45, 2.75) is 43.8 Å². The molecule has 0 aromatic heterocycles. The summed E-state index contributed by atoms with van der Waals surface area (Å²) in [4.78, 5) is 0. The lowest BCUT2D eigenvalue weighted by molar-refractivity contribution is -0.164. The van der Waals surface area contributed by atoms with Crippen LogP contribution >= 0.6 is 0 Å². The van der Waals surface area contributed by atoms with E-state index in [1.54, 1.807) is 6.92 Å². The van der Waals surface area contributed by atoms with Gasteiger partial charge in [0.2, 0.25) is 0 Å². The lowest BCUT2D eigenvalue weighted by atomic mass is 10.1. The van der Waals surface area contributed by atoms with Crippen molar-refractivity contribution in [1.29, 1.82) is 0 Å². The Morgan fingerprint density at radius 1 is 1.13 bits per heavy atom. The molecule has 0 saturated carbocycles. The molecule has 92 valence electrons. The summed E-state index contributed by atoms with van der Waals surface area (Å²) in [5, 5.41) is -5.42. The van der Waals surface area contributed by atoms with Crippen LogP contribution in [0.1, 0.15) is 32.6 Å².